The number of aromatic nitrogens is 1. The maximum atomic E-state index is 13.6. The number of halogens is 1. The Morgan fingerprint density at radius 1 is 1.29 bits per heavy atom. The number of ether oxygens (including phenoxy) is 2. The third-order valence-electron chi connectivity index (χ3n) is 7.86. The van der Waals surface area contributed by atoms with Crippen LogP contribution in [-0.2, 0) is 14.3 Å². The van der Waals surface area contributed by atoms with Crippen LogP contribution in [0.15, 0.2) is 48.7 Å². The standard InChI is InChI=1S/C28H31FN2O4/c1-3-34-28(33)31-12-11-23-20(16-31)14-25-26(17(2)35-27(25)32)24(23)10-9-22-8-7-19(15-30-22)18-5-4-6-21(29)13-18/h4-10,13,15,17,20,23-26H,3,11-12,14,16H2,1-2H3/b10-9+. The van der Waals surface area contributed by atoms with E-state index < -0.39 is 0 Å². The summed E-state index contributed by atoms with van der Waals surface area (Å²) in [6, 6.07) is 10.3. The number of allylic oxidation sites excluding steroid dienone is 1. The van der Waals surface area contributed by atoms with Crippen LogP contribution in [0.5, 0.6) is 0 Å². The number of likely N-dealkylation sites (tertiary alicyclic amines) is 1. The number of piperidine rings is 1. The van der Waals surface area contributed by atoms with Gasteiger partial charge in [0.05, 0.1) is 18.2 Å². The van der Waals surface area contributed by atoms with Gasteiger partial charge in [0, 0.05) is 30.8 Å². The van der Waals surface area contributed by atoms with E-state index in [-0.39, 0.29) is 47.7 Å². The summed E-state index contributed by atoms with van der Waals surface area (Å²) >= 11 is 0. The normalized spacial score (nSPS) is 30.0. The van der Waals surface area contributed by atoms with Gasteiger partial charge in [0.1, 0.15) is 11.9 Å². The average Bonchev–Trinajstić information content (AvgIpc) is 3.14. The number of cyclic esters (lactones) is 1. The highest BCUT2D eigenvalue weighted by Crippen LogP contribution is 2.51. The van der Waals surface area contributed by atoms with Gasteiger partial charge in [-0.2, -0.15) is 0 Å². The van der Waals surface area contributed by atoms with Crippen LogP contribution in [0.4, 0.5) is 9.18 Å². The van der Waals surface area contributed by atoms with Crippen molar-refractivity contribution in [3.05, 3.63) is 60.2 Å². The number of amides is 1. The van der Waals surface area contributed by atoms with Gasteiger partial charge in [0.15, 0.2) is 0 Å². The molecule has 1 aromatic heterocycles. The molecule has 0 bridgehead atoms. The number of fused-ring (bicyclic) bond motifs is 2. The zero-order chi connectivity index (χ0) is 24.5. The molecule has 0 N–H and O–H groups in total. The first-order chi connectivity index (χ1) is 16.9. The molecule has 1 saturated carbocycles. The molecule has 2 aromatic rings. The topological polar surface area (TPSA) is 68.7 Å². The van der Waals surface area contributed by atoms with Crippen LogP contribution in [0.25, 0.3) is 17.2 Å². The summed E-state index contributed by atoms with van der Waals surface area (Å²) in [5.41, 5.74) is 2.45. The highest BCUT2D eigenvalue weighted by molar-refractivity contribution is 5.76. The summed E-state index contributed by atoms with van der Waals surface area (Å²) in [4.78, 5) is 31.3. The second-order valence-corrected chi connectivity index (χ2v) is 9.84. The highest BCUT2D eigenvalue weighted by atomic mass is 19.1. The van der Waals surface area contributed by atoms with Gasteiger partial charge >= 0.3 is 12.1 Å². The van der Waals surface area contributed by atoms with E-state index in [2.05, 4.69) is 11.1 Å². The average molecular weight is 479 g/mol. The van der Waals surface area contributed by atoms with Gasteiger partial charge in [0.25, 0.3) is 0 Å². The van der Waals surface area contributed by atoms with Gasteiger partial charge in [-0.25, -0.2) is 9.18 Å². The van der Waals surface area contributed by atoms with E-state index in [1.807, 2.05) is 38.1 Å². The Morgan fingerprint density at radius 3 is 2.89 bits per heavy atom. The molecule has 6 atom stereocenters. The molecule has 5 rings (SSSR count). The third kappa shape index (κ3) is 4.68. The Morgan fingerprint density at radius 2 is 2.14 bits per heavy atom. The second-order valence-electron chi connectivity index (χ2n) is 9.84. The van der Waals surface area contributed by atoms with Crippen molar-refractivity contribution in [3.63, 3.8) is 0 Å². The van der Waals surface area contributed by atoms with Crippen molar-refractivity contribution < 1.29 is 23.5 Å². The first-order valence-electron chi connectivity index (χ1n) is 12.5. The fourth-order valence-electron chi connectivity index (χ4n) is 6.29. The number of nitrogens with zero attached hydrogens (tertiary/aromatic N) is 2. The smallest absolute Gasteiger partial charge is 0.409 e. The molecule has 0 spiro atoms. The molecule has 1 aromatic carbocycles. The predicted octanol–water partition coefficient (Wildman–Crippen LogP) is 5.19. The Kier molecular flexibility index (Phi) is 6.58. The first kappa shape index (κ1) is 23.5. The first-order valence-corrected chi connectivity index (χ1v) is 12.5. The van der Waals surface area contributed by atoms with Crippen LogP contribution in [-0.4, -0.2) is 47.7 Å². The van der Waals surface area contributed by atoms with Crippen LogP contribution < -0.4 is 0 Å². The van der Waals surface area contributed by atoms with E-state index in [4.69, 9.17) is 9.47 Å². The van der Waals surface area contributed by atoms with Gasteiger partial charge in [0.2, 0.25) is 0 Å². The zero-order valence-electron chi connectivity index (χ0n) is 20.1. The highest BCUT2D eigenvalue weighted by Gasteiger charge is 2.54. The number of carbonyl (C=O) groups is 2. The molecular weight excluding hydrogens is 447 g/mol. The van der Waals surface area contributed by atoms with Crippen LogP contribution in [0, 0.1) is 35.4 Å². The lowest BCUT2D eigenvalue weighted by Crippen LogP contribution is -2.51. The fraction of sp³-hybridized carbons (Fsp3) is 0.464. The van der Waals surface area contributed by atoms with E-state index in [0.717, 1.165) is 29.7 Å². The third-order valence-corrected chi connectivity index (χ3v) is 7.86. The molecule has 6 nitrogen and oxygen atoms in total. The predicted molar refractivity (Wildman–Crippen MR) is 129 cm³/mol. The van der Waals surface area contributed by atoms with Gasteiger partial charge < -0.3 is 14.4 Å². The molecule has 7 heteroatoms. The molecule has 6 unspecified atom stereocenters. The van der Waals surface area contributed by atoms with Gasteiger partial charge in [-0.1, -0.05) is 24.3 Å². The van der Waals surface area contributed by atoms with Crippen molar-refractivity contribution >= 4 is 18.1 Å². The van der Waals surface area contributed by atoms with E-state index >= 15 is 0 Å². The lowest BCUT2D eigenvalue weighted by atomic mass is 9.59. The minimum Gasteiger partial charge on any atom is -0.462 e. The zero-order valence-corrected chi connectivity index (χ0v) is 20.1. The summed E-state index contributed by atoms with van der Waals surface area (Å²) in [6.45, 7) is 5.42. The molecule has 3 fully saturated rings. The molecule has 35 heavy (non-hydrogen) atoms. The number of pyridine rings is 1. The summed E-state index contributed by atoms with van der Waals surface area (Å²) in [5, 5.41) is 0. The molecule has 2 saturated heterocycles. The molecule has 3 aliphatic rings. The largest absolute Gasteiger partial charge is 0.462 e. The number of rotatable bonds is 4. The minimum atomic E-state index is -0.274. The van der Waals surface area contributed by atoms with E-state index in [1.165, 1.54) is 12.1 Å². The lowest BCUT2D eigenvalue weighted by molar-refractivity contribution is -0.144. The SMILES string of the molecule is CCOC(=O)N1CCC2C(CC3C(=O)OC(C)C3C2/C=C/c2ccc(-c3cccc(F)c3)cn2)C1. The quantitative estimate of drug-likeness (QED) is 0.566. The lowest BCUT2D eigenvalue weighted by Gasteiger charge is -2.48. The van der Waals surface area contributed by atoms with Gasteiger partial charge in [-0.15, -0.1) is 0 Å². The molecule has 184 valence electrons. The van der Waals surface area contributed by atoms with Crippen molar-refractivity contribution in [1.82, 2.24) is 9.88 Å². The second kappa shape index (κ2) is 9.80. The number of hydrogen-bond acceptors (Lipinski definition) is 5. The van der Waals surface area contributed by atoms with E-state index in [1.54, 1.807) is 17.2 Å². The number of hydrogen-bond donors (Lipinski definition) is 0. The van der Waals surface area contributed by atoms with Crippen LogP contribution in [0.1, 0.15) is 32.4 Å². The van der Waals surface area contributed by atoms with Crippen LogP contribution >= 0.6 is 0 Å². The van der Waals surface area contributed by atoms with E-state index in [9.17, 15) is 14.0 Å². The van der Waals surface area contributed by atoms with E-state index in [0.29, 0.717) is 25.6 Å². The summed E-state index contributed by atoms with van der Waals surface area (Å²) < 4.78 is 24.5. The number of benzene rings is 1. The van der Waals surface area contributed by atoms with Crippen molar-refractivity contribution in [2.45, 2.75) is 32.8 Å². The monoisotopic (exact) mass is 478 g/mol. The van der Waals surface area contributed by atoms with Crippen molar-refractivity contribution in [1.29, 1.82) is 0 Å². The maximum absolute atomic E-state index is 13.6. The molecule has 2 aliphatic heterocycles. The van der Waals surface area contributed by atoms with Crippen molar-refractivity contribution in [3.8, 4) is 11.1 Å². The summed E-state index contributed by atoms with van der Waals surface area (Å²) in [7, 11) is 0. The van der Waals surface area contributed by atoms with Gasteiger partial charge in [-0.3, -0.25) is 9.78 Å². The Labute approximate surface area is 205 Å². The van der Waals surface area contributed by atoms with Crippen LogP contribution in [0.3, 0.4) is 0 Å². The van der Waals surface area contributed by atoms with Crippen molar-refractivity contribution in [2.24, 2.45) is 29.6 Å². The molecule has 0 radical (unpaired) electrons. The Bertz CT molecular complexity index is 1120. The minimum absolute atomic E-state index is 0.120. The van der Waals surface area contributed by atoms with Gasteiger partial charge in [-0.05, 0) is 74.3 Å². The number of esters is 1. The molecule has 1 amide bonds. The summed E-state index contributed by atoms with van der Waals surface area (Å²) in [6.07, 6.45) is 7.18. The van der Waals surface area contributed by atoms with Crippen molar-refractivity contribution in [2.75, 3.05) is 19.7 Å². The Balaban J connectivity index is 1.37. The fourth-order valence-corrected chi connectivity index (χ4v) is 6.29. The van der Waals surface area contributed by atoms with Crippen LogP contribution in [0.2, 0.25) is 0 Å². The summed E-state index contributed by atoms with van der Waals surface area (Å²) in [5.74, 6) is 0.336. The number of carbonyl (C=O) groups excluding carboxylic acids is 2. The molecule has 1 aliphatic carbocycles. The molecular formula is C28H31FN2O4. The Hall–Kier alpha value is -3.22. The maximum Gasteiger partial charge on any atom is 0.409 e. The molecule has 3 heterocycles.